The molecule has 0 heterocycles. The maximum absolute atomic E-state index is 11.8. The summed E-state index contributed by atoms with van der Waals surface area (Å²) in [5, 5.41) is 0. The van der Waals surface area contributed by atoms with Gasteiger partial charge in [0, 0.05) is 30.2 Å². The fourth-order valence-electron chi connectivity index (χ4n) is 1.59. The smallest absolute Gasteiger partial charge is 0.262 e. The van der Waals surface area contributed by atoms with E-state index in [9.17, 15) is 4.79 Å². The monoisotopic (exact) mass is 314 g/mol. The Morgan fingerprint density at radius 2 is 2.00 bits per heavy atom. The first-order chi connectivity index (χ1) is 8.32. The van der Waals surface area contributed by atoms with Crippen molar-refractivity contribution in [2.75, 3.05) is 14.1 Å². The first-order valence-electron chi connectivity index (χ1n) is 5.75. The number of ether oxygens (including phenoxy) is 1. The van der Waals surface area contributed by atoms with Crippen LogP contribution in [-0.4, -0.2) is 31.0 Å². The predicted molar refractivity (Wildman–Crippen MR) is 75.5 cm³/mol. The minimum Gasteiger partial charge on any atom is -0.481 e. The van der Waals surface area contributed by atoms with Gasteiger partial charge in [0.25, 0.3) is 5.91 Å². The van der Waals surface area contributed by atoms with Crippen molar-refractivity contribution in [3.8, 4) is 5.75 Å². The number of hydrogen-bond donors (Lipinski definition) is 1. The maximum Gasteiger partial charge on any atom is 0.262 e. The fraction of sp³-hybridized carbons (Fsp3) is 0.462. The molecule has 1 rings (SSSR count). The summed E-state index contributed by atoms with van der Waals surface area (Å²) in [4.78, 5) is 13.3. The molecule has 5 heteroatoms. The van der Waals surface area contributed by atoms with Gasteiger partial charge in [0.15, 0.2) is 6.10 Å². The molecular weight excluding hydrogens is 296 g/mol. The van der Waals surface area contributed by atoms with Crippen molar-refractivity contribution < 1.29 is 9.53 Å². The van der Waals surface area contributed by atoms with Gasteiger partial charge < -0.3 is 15.4 Å². The average Bonchev–Trinajstić information content (AvgIpc) is 2.29. The van der Waals surface area contributed by atoms with Gasteiger partial charge in [-0.25, -0.2) is 0 Å². The minimum absolute atomic E-state index is 0.0754. The Labute approximate surface area is 116 Å². The molecule has 1 aromatic rings. The van der Waals surface area contributed by atoms with Gasteiger partial charge in [-0.15, -0.1) is 0 Å². The lowest BCUT2D eigenvalue weighted by Crippen LogP contribution is -2.35. The number of rotatable bonds is 4. The van der Waals surface area contributed by atoms with Crippen LogP contribution in [-0.2, 0) is 4.79 Å². The molecule has 1 amide bonds. The lowest BCUT2D eigenvalue weighted by Gasteiger charge is -2.21. The largest absolute Gasteiger partial charge is 0.481 e. The quantitative estimate of drug-likeness (QED) is 0.928. The first-order valence-corrected chi connectivity index (χ1v) is 6.55. The summed E-state index contributed by atoms with van der Waals surface area (Å²) in [5.41, 5.74) is 6.78. The first kappa shape index (κ1) is 15.0. The van der Waals surface area contributed by atoms with Crippen LogP contribution in [0.3, 0.4) is 0 Å². The third-order valence-corrected chi connectivity index (χ3v) is 3.05. The second kappa shape index (κ2) is 6.20. The summed E-state index contributed by atoms with van der Waals surface area (Å²) in [6.45, 7) is 3.61. The van der Waals surface area contributed by atoms with E-state index in [1.807, 2.05) is 25.1 Å². The highest BCUT2D eigenvalue weighted by atomic mass is 79.9. The number of benzene rings is 1. The Morgan fingerprint density at radius 3 is 2.50 bits per heavy atom. The van der Waals surface area contributed by atoms with Gasteiger partial charge in [0.05, 0.1) is 0 Å². The number of carbonyl (C=O) groups excluding carboxylic acids is 1. The van der Waals surface area contributed by atoms with Gasteiger partial charge in [0.2, 0.25) is 0 Å². The van der Waals surface area contributed by atoms with Crippen molar-refractivity contribution in [1.82, 2.24) is 4.90 Å². The molecule has 0 aliphatic rings. The van der Waals surface area contributed by atoms with Crippen molar-refractivity contribution in [1.29, 1.82) is 0 Å². The van der Waals surface area contributed by atoms with E-state index in [0.717, 1.165) is 10.0 Å². The average molecular weight is 315 g/mol. The van der Waals surface area contributed by atoms with Crippen molar-refractivity contribution in [3.05, 3.63) is 28.2 Å². The number of likely N-dealkylation sites (N-methyl/N-ethyl adjacent to an activating group) is 1. The zero-order valence-corrected chi connectivity index (χ0v) is 12.7. The Balaban J connectivity index is 2.94. The van der Waals surface area contributed by atoms with Crippen LogP contribution >= 0.6 is 15.9 Å². The number of halogens is 1. The van der Waals surface area contributed by atoms with E-state index in [1.165, 1.54) is 4.90 Å². The zero-order chi connectivity index (χ0) is 13.9. The van der Waals surface area contributed by atoms with Crippen molar-refractivity contribution >= 4 is 21.8 Å². The van der Waals surface area contributed by atoms with Crippen molar-refractivity contribution in [3.63, 3.8) is 0 Å². The fourth-order valence-corrected chi connectivity index (χ4v) is 1.97. The van der Waals surface area contributed by atoms with E-state index in [4.69, 9.17) is 10.5 Å². The number of carbonyl (C=O) groups is 1. The Kier molecular flexibility index (Phi) is 5.16. The third kappa shape index (κ3) is 3.71. The normalized spacial score (nSPS) is 13.9. The van der Waals surface area contributed by atoms with E-state index in [-0.39, 0.29) is 11.9 Å². The van der Waals surface area contributed by atoms with Crippen molar-refractivity contribution in [2.24, 2.45) is 5.73 Å². The summed E-state index contributed by atoms with van der Waals surface area (Å²) in [7, 11) is 3.41. The van der Waals surface area contributed by atoms with Gasteiger partial charge >= 0.3 is 0 Å². The van der Waals surface area contributed by atoms with E-state index >= 15 is 0 Å². The van der Waals surface area contributed by atoms with Crippen LogP contribution in [0.4, 0.5) is 0 Å². The molecule has 2 N–H and O–H groups in total. The summed E-state index contributed by atoms with van der Waals surface area (Å²) in [6.07, 6.45) is -0.529. The van der Waals surface area contributed by atoms with Gasteiger partial charge in [-0.05, 0) is 32.0 Å². The summed E-state index contributed by atoms with van der Waals surface area (Å²) >= 11 is 3.40. The zero-order valence-electron chi connectivity index (χ0n) is 11.1. The van der Waals surface area contributed by atoms with Gasteiger partial charge in [-0.2, -0.15) is 0 Å². The standard InChI is InChI=1S/C13H19BrN2O2/c1-8(15)11-7-10(14)5-6-12(11)18-9(2)13(17)16(3)4/h5-9H,15H2,1-4H3. The molecule has 0 radical (unpaired) electrons. The molecule has 0 bridgehead atoms. The SMILES string of the molecule is CC(Oc1ccc(Br)cc1C(C)N)C(=O)N(C)C. The molecule has 2 atom stereocenters. The summed E-state index contributed by atoms with van der Waals surface area (Å²) < 4.78 is 6.63. The molecule has 2 unspecified atom stereocenters. The van der Waals surface area contributed by atoms with E-state index in [2.05, 4.69) is 15.9 Å². The van der Waals surface area contributed by atoms with Crippen LogP contribution in [0.2, 0.25) is 0 Å². The molecule has 18 heavy (non-hydrogen) atoms. The third-order valence-electron chi connectivity index (χ3n) is 2.55. The van der Waals surface area contributed by atoms with Crippen LogP contribution in [0.15, 0.2) is 22.7 Å². The second-order valence-electron chi connectivity index (χ2n) is 4.46. The molecule has 0 saturated heterocycles. The van der Waals surface area contributed by atoms with Crippen LogP contribution in [0.5, 0.6) is 5.75 Å². The Hall–Kier alpha value is -1.07. The molecule has 0 spiro atoms. The summed E-state index contributed by atoms with van der Waals surface area (Å²) in [5.74, 6) is 0.574. The number of nitrogens with zero attached hydrogens (tertiary/aromatic N) is 1. The molecule has 0 saturated carbocycles. The van der Waals surface area contributed by atoms with Gasteiger partial charge in [0.1, 0.15) is 5.75 Å². The molecule has 1 aromatic carbocycles. The highest BCUT2D eigenvalue weighted by Gasteiger charge is 2.19. The van der Waals surface area contributed by atoms with Gasteiger partial charge in [-0.1, -0.05) is 15.9 Å². The maximum atomic E-state index is 11.8. The van der Waals surface area contributed by atoms with E-state index < -0.39 is 6.10 Å². The predicted octanol–water partition coefficient (Wildman–Crippen LogP) is 2.32. The van der Waals surface area contributed by atoms with E-state index in [1.54, 1.807) is 21.0 Å². The lowest BCUT2D eigenvalue weighted by atomic mass is 10.1. The van der Waals surface area contributed by atoms with Crippen LogP contribution in [0, 0.1) is 0 Å². The lowest BCUT2D eigenvalue weighted by molar-refractivity contribution is -0.135. The molecule has 4 nitrogen and oxygen atoms in total. The van der Waals surface area contributed by atoms with Crippen LogP contribution < -0.4 is 10.5 Å². The van der Waals surface area contributed by atoms with E-state index in [0.29, 0.717) is 5.75 Å². The topological polar surface area (TPSA) is 55.6 Å². The highest BCUT2D eigenvalue weighted by Crippen LogP contribution is 2.28. The molecular formula is C13H19BrN2O2. The van der Waals surface area contributed by atoms with Crippen molar-refractivity contribution in [2.45, 2.75) is 26.0 Å². The second-order valence-corrected chi connectivity index (χ2v) is 5.38. The number of amides is 1. The Morgan fingerprint density at radius 1 is 1.39 bits per heavy atom. The van der Waals surface area contributed by atoms with Crippen LogP contribution in [0.1, 0.15) is 25.5 Å². The molecule has 0 aromatic heterocycles. The number of nitrogens with two attached hydrogens (primary N) is 1. The number of hydrogen-bond acceptors (Lipinski definition) is 3. The van der Waals surface area contributed by atoms with Crippen LogP contribution in [0.25, 0.3) is 0 Å². The molecule has 0 aliphatic heterocycles. The minimum atomic E-state index is -0.529. The molecule has 0 aliphatic carbocycles. The molecule has 100 valence electrons. The summed E-state index contributed by atoms with van der Waals surface area (Å²) in [6, 6.07) is 5.45. The molecule has 0 fully saturated rings. The van der Waals surface area contributed by atoms with Gasteiger partial charge in [-0.3, -0.25) is 4.79 Å². The Bertz CT molecular complexity index is 433. The highest BCUT2D eigenvalue weighted by molar-refractivity contribution is 9.10.